The molecule has 0 radical (unpaired) electrons. The number of benzene rings is 1. The maximum Gasteiger partial charge on any atom is 0.303 e. The van der Waals surface area contributed by atoms with E-state index >= 15 is 0 Å². The minimum atomic E-state index is -0.780. The highest BCUT2D eigenvalue weighted by Crippen LogP contribution is 2.16. The van der Waals surface area contributed by atoms with E-state index in [2.05, 4.69) is 5.32 Å². The topological polar surface area (TPSA) is 75.6 Å². The van der Waals surface area contributed by atoms with E-state index in [9.17, 15) is 9.59 Å². The van der Waals surface area contributed by atoms with Gasteiger partial charge in [0.1, 0.15) is 0 Å². The summed E-state index contributed by atoms with van der Waals surface area (Å²) in [5, 5.41) is 11.3. The monoisotopic (exact) mass is 279 g/mol. The first-order valence-electron chi connectivity index (χ1n) is 6.72. The fraction of sp³-hybridized carbons (Fsp3) is 0.467. The number of carbonyl (C=O) groups excluding carboxylic acids is 1. The minimum absolute atomic E-state index is 0.170. The fourth-order valence-electron chi connectivity index (χ4n) is 1.90. The van der Waals surface area contributed by atoms with Crippen molar-refractivity contribution < 1.29 is 19.4 Å². The van der Waals surface area contributed by atoms with Crippen molar-refractivity contribution >= 4 is 11.9 Å². The van der Waals surface area contributed by atoms with Crippen molar-refractivity contribution in [3.63, 3.8) is 0 Å². The van der Waals surface area contributed by atoms with Gasteiger partial charge in [0, 0.05) is 20.1 Å². The van der Waals surface area contributed by atoms with Gasteiger partial charge in [-0.15, -0.1) is 0 Å². The van der Waals surface area contributed by atoms with Crippen molar-refractivity contribution in [3.8, 4) is 0 Å². The van der Waals surface area contributed by atoms with Gasteiger partial charge in [-0.25, -0.2) is 0 Å². The molecule has 2 N–H and O–H groups in total. The predicted molar refractivity (Wildman–Crippen MR) is 75.3 cm³/mol. The molecule has 1 rings (SSSR count). The van der Waals surface area contributed by atoms with E-state index in [1.54, 1.807) is 0 Å². The van der Waals surface area contributed by atoms with Crippen LogP contribution in [-0.2, 0) is 14.3 Å². The minimum Gasteiger partial charge on any atom is -0.481 e. The molecule has 0 saturated heterocycles. The normalized spacial score (nSPS) is 11.8. The zero-order valence-electron chi connectivity index (χ0n) is 11.7. The smallest absolute Gasteiger partial charge is 0.303 e. The van der Waals surface area contributed by atoms with Crippen LogP contribution < -0.4 is 5.32 Å². The summed E-state index contributed by atoms with van der Waals surface area (Å²) in [6.45, 7) is 0.533. The van der Waals surface area contributed by atoms with Crippen LogP contribution in [0.2, 0.25) is 0 Å². The molecule has 0 bridgehead atoms. The van der Waals surface area contributed by atoms with Crippen molar-refractivity contribution in [2.75, 3.05) is 13.7 Å². The van der Waals surface area contributed by atoms with E-state index < -0.39 is 12.1 Å². The Hall–Kier alpha value is -1.88. The lowest BCUT2D eigenvalue weighted by molar-refractivity contribution is -0.137. The molecule has 0 heterocycles. The Balaban J connectivity index is 2.29. The van der Waals surface area contributed by atoms with E-state index in [4.69, 9.17) is 9.84 Å². The third-order valence-corrected chi connectivity index (χ3v) is 2.94. The number of nitrogens with one attached hydrogen (secondary N) is 1. The number of unbranched alkanes of at least 4 members (excludes halogenated alkanes) is 2. The van der Waals surface area contributed by atoms with Gasteiger partial charge in [-0.1, -0.05) is 36.8 Å². The van der Waals surface area contributed by atoms with E-state index in [1.165, 1.54) is 7.11 Å². The van der Waals surface area contributed by atoms with Gasteiger partial charge < -0.3 is 15.2 Å². The third kappa shape index (κ3) is 5.84. The van der Waals surface area contributed by atoms with Gasteiger partial charge in [0.2, 0.25) is 0 Å². The molecule has 0 spiro atoms. The number of carbonyl (C=O) groups is 2. The SMILES string of the molecule is CO[C@@H](C(=O)NCCCCCC(=O)O)c1ccccc1. The second-order valence-electron chi connectivity index (χ2n) is 4.52. The van der Waals surface area contributed by atoms with Gasteiger partial charge in [0.25, 0.3) is 5.91 Å². The summed E-state index contributed by atoms with van der Waals surface area (Å²) in [4.78, 5) is 22.3. The molecule has 0 aliphatic rings. The molecule has 0 aliphatic heterocycles. The molecule has 0 saturated carbocycles. The Morgan fingerprint density at radius 3 is 2.50 bits per heavy atom. The van der Waals surface area contributed by atoms with Gasteiger partial charge in [-0.05, 0) is 18.4 Å². The summed E-state index contributed by atoms with van der Waals surface area (Å²) in [6, 6.07) is 9.30. The highest BCUT2D eigenvalue weighted by Gasteiger charge is 2.18. The lowest BCUT2D eigenvalue weighted by Gasteiger charge is -2.15. The zero-order valence-corrected chi connectivity index (χ0v) is 11.7. The molecule has 5 nitrogen and oxygen atoms in total. The Morgan fingerprint density at radius 2 is 1.90 bits per heavy atom. The summed E-state index contributed by atoms with van der Waals surface area (Å²) in [5.74, 6) is -0.950. The first-order chi connectivity index (χ1) is 9.65. The number of carboxylic acid groups (broad SMARTS) is 1. The Kier molecular flexibility index (Phi) is 7.35. The average molecular weight is 279 g/mol. The average Bonchev–Trinajstić information content (AvgIpc) is 2.44. The van der Waals surface area contributed by atoms with Crippen LogP contribution >= 0.6 is 0 Å². The largest absolute Gasteiger partial charge is 0.481 e. The van der Waals surface area contributed by atoms with Gasteiger partial charge in [-0.3, -0.25) is 9.59 Å². The van der Waals surface area contributed by atoms with E-state index in [-0.39, 0.29) is 12.3 Å². The second kappa shape index (κ2) is 9.09. The van der Waals surface area contributed by atoms with Crippen LogP contribution in [-0.4, -0.2) is 30.6 Å². The van der Waals surface area contributed by atoms with Gasteiger partial charge in [0.05, 0.1) is 0 Å². The lowest BCUT2D eigenvalue weighted by atomic mass is 10.1. The molecule has 1 aromatic carbocycles. The summed E-state index contributed by atoms with van der Waals surface area (Å²) in [6.07, 6.45) is 1.77. The van der Waals surface area contributed by atoms with Crippen molar-refractivity contribution in [3.05, 3.63) is 35.9 Å². The number of ether oxygens (including phenoxy) is 1. The van der Waals surface area contributed by atoms with Crippen molar-refractivity contribution in [1.82, 2.24) is 5.32 Å². The number of amides is 1. The van der Waals surface area contributed by atoms with Crippen molar-refractivity contribution in [2.24, 2.45) is 0 Å². The maximum atomic E-state index is 12.0. The fourth-order valence-corrected chi connectivity index (χ4v) is 1.90. The van der Waals surface area contributed by atoms with Crippen molar-refractivity contribution in [2.45, 2.75) is 31.8 Å². The van der Waals surface area contributed by atoms with Crippen LogP contribution in [0, 0.1) is 0 Å². The van der Waals surface area contributed by atoms with Crippen LogP contribution in [0.15, 0.2) is 30.3 Å². The first kappa shape index (κ1) is 16.2. The number of aliphatic carboxylic acids is 1. The summed E-state index contributed by atoms with van der Waals surface area (Å²) in [5.41, 5.74) is 0.818. The van der Waals surface area contributed by atoms with Gasteiger partial charge in [-0.2, -0.15) is 0 Å². The van der Waals surface area contributed by atoms with Gasteiger partial charge >= 0.3 is 5.97 Å². The van der Waals surface area contributed by atoms with Crippen LogP contribution in [0.3, 0.4) is 0 Å². The second-order valence-corrected chi connectivity index (χ2v) is 4.52. The zero-order chi connectivity index (χ0) is 14.8. The first-order valence-corrected chi connectivity index (χ1v) is 6.72. The summed E-state index contributed by atoms with van der Waals surface area (Å²) < 4.78 is 5.22. The van der Waals surface area contributed by atoms with E-state index in [0.717, 1.165) is 18.4 Å². The molecule has 5 heteroatoms. The van der Waals surface area contributed by atoms with E-state index in [1.807, 2.05) is 30.3 Å². The van der Waals surface area contributed by atoms with Crippen LogP contribution in [0.5, 0.6) is 0 Å². The molecule has 0 aliphatic carbocycles. The summed E-state index contributed by atoms with van der Waals surface area (Å²) in [7, 11) is 1.50. The number of rotatable bonds is 9. The van der Waals surface area contributed by atoms with Crippen LogP contribution in [0.25, 0.3) is 0 Å². The lowest BCUT2D eigenvalue weighted by Crippen LogP contribution is -2.31. The highest BCUT2D eigenvalue weighted by atomic mass is 16.5. The molecule has 1 atom stereocenters. The summed E-state index contributed by atoms with van der Waals surface area (Å²) >= 11 is 0. The molecule has 1 amide bonds. The predicted octanol–water partition coefficient (Wildman–Crippen LogP) is 2.14. The quantitative estimate of drug-likeness (QED) is 0.679. The van der Waals surface area contributed by atoms with Crippen LogP contribution in [0.1, 0.15) is 37.4 Å². The number of hydrogen-bond donors (Lipinski definition) is 2. The Morgan fingerprint density at radius 1 is 1.20 bits per heavy atom. The molecule has 0 fully saturated rings. The molecule has 1 aromatic rings. The molecule has 0 aromatic heterocycles. The maximum absolute atomic E-state index is 12.0. The number of hydrogen-bond acceptors (Lipinski definition) is 3. The number of methoxy groups -OCH3 is 1. The number of carboxylic acids is 1. The third-order valence-electron chi connectivity index (χ3n) is 2.94. The molecular weight excluding hydrogens is 258 g/mol. The molecule has 110 valence electrons. The van der Waals surface area contributed by atoms with Crippen LogP contribution in [0.4, 0.5) is 0 Å². The Labute approximate surface area is 118 Å². The molecule has 0 unspecified atom stereocenters. The van der Waals surface area contributed by atoms with Crippen molar-refractivity contribution in [1.29, 1.82) is 0 Å². The highest BCUT2D eigenvalue weighted by molar-refractivity contribution is 5.82. The molecular formula is C15H21NO4. The van der Waals surface area contributed by atoms with E-state index in [0.29, 0.717) is 13.0 Å². The molecule has 20 heavy (non-hydrogen) atoms. The Bertz CT molecular complexity index is 419. The standard InChI is InChI=1S/C15H21NO4/c1-20-14(12-8-4-2-5-9-12)15(19)16-11-7-3-6-10-13(17)18/h2,4-5,8-9,14H,3,6-7,10-11H2,1H3,(H,16,19)(H,17,18)/t14-/m1/s1. The van der Waals surface area contributed by atoms with Gasteiger partial charge in [0.15, 0.2) is 6.10 Å².